The summed E-state index contributed by atoms with van der Waals surface area (Å²) in [7, 11) is -0.869. The number of hydrogen-bond donors (Lipinski definition) is 2. The first-order valence-corrected chi connectivity index (χ1v) is 9.40. The number of benzene rings is 2. The van der Waals surface area contributed by atoms with Gasteiger partial charge in [0.2, 0.25) is 10.0 Å². The van der Waals surface area contributed by atoms with Gasteiger partial charge in [-0.2, -0.15) is 0 Å². The summed E-state index contributed by atoms with van der Waals surface area (Å²) in [6, 6.07) is 8.96. The van der Waals surface area contributed by atoms with Gasteiger partial charge in [-0.05, 0) is 42.3 Å². The topological polar surface area (TPSA) is 80.4 Å². The number of H-pyrrole nitrogens is 1. The molecule has 0 bridgehead atoms. The molecule has 0 atom stereocenters. The number of nitrogens with one attached hydrogen (secondary N) is 2. The van der Waals surface area contributed by atoms with E-state index in [2.05, 4.69) is 9.71 Å². The number of methoxy groups -OCH3 is 2. The second-order valence-corrected chi connectivity index (χ2v) is 7.40. The fourth-order valence-electron chi connectivity index (χ4n) is 2.75. The van der Waals surface area contributed by atoms with Crippen LogP contribution in [0.3, 0.4) is 0 Å². The van der Waals surface area contributed by atoms with Crippen molar-refractivity contribution in [2.24, 2.45) is 0 Å². The summed E-state index contributed by atoms with van der Waals surface area (Å²) in [6.45, 7) is 0.168. The molecule has 0 saturated heterocycles. The molecule has 0 saturated carbocycles. The van der Waals surface area contributed by atoms with E-state index < -0.39 is 10.0 Å². The van der Waals surface area contributed by atoms with Crippen LogP contribution in [0.4, 0.5) is 4.39 Å². The first-order chi connectivity index (χ1) is 12.4. The van der Waals surface area contributed by atoms with Crippen molar-refractivity contribution in [2.75, 3.05) is 20.8 Å². The first-order valence-electron chi connectivity index (χ1n) is 7.92. The van der Waals surface area contributed by atoms with Crippen molar-refractivity contribution < 1.29 is 22.3 Å². The third-order valence-corrected chi connectivity index (χ3v) is 5.58. The molecule has 0 amide bonds. The van der Waals surface area contributed by atoms with Crippen molar-refractivity contribution in [2.45, 2.75) is 11.3 Å². The minimum absolute atomic E-state index is 0.0331. The number of aromatic amines is 1. The molecule has 1 heterocycles. The summed E-state index contributed by atoms with van der Waals surface area (Å²) < 4.78 is 51.3. The molecule has 26 heavy (non-hydrogen) atoms. The Bertz CT molecular complexity index is 1030. The largest absolute Gasteiger partial charge is 0.497 e. The predicted molar refractivity (Wildman–Crippen MR) is 96.7 cm³/mol. The summed E-state index contributed by atoms with van der Waals surface area (Å²) >= 11 is 0. The highest BCUT2D eigenvalue weighted by Crippen LogP contribution is 2.28. The van der Waals surface area contributed by atoms with E-state index in [1.54, 1.807) is 18.3 Å². The van der Waals surface area contributed by atoms with Crippen LogP contribution in [0.15, 0.2) is 47.5 Å². The fraction of sp³-hybridized carbons (Fsp3) is 0.222. The molecule has 3 aromatic rings. The zero-order valence-corrected chi connectivity index (χ0v) is 15.2. The molecule has 0 aliphatic heterocycles. The van der Waals surface area contributed by atoms with Crippen LogP contribution >= 0.6 is 0 Å². The predicted octanol–water partition coefficient (Wildman–Crippen LogP) is 2.85. The van der Waals surface area contributed by atoms with Gasteiger partial charge in [-0.15, -0.1) is 0 Å². The van der Waals surface area contributed by atoms with E-state index in [9.17, 15) is 12.8 Å². The lowest BCUT2D eigenvalue weighted by atomic mass is 10.1. The lowest BCUT2D eigenvalue weighted by molar-refractivity contribution is 0.386. The molecule has 2 N–H and O–H groups in total. The highest BCUT2D eigenvalue weighted by molar-refractivity contribution is 7.89. The molecule has 0 radical (unpaired) electrons. The molecule has 138 valence electrons. The molecule has 0 spiro atoms. The normalized spacial score (nSPS) is 11.7. The van der Waals surface area contributed by atoms with E-state index in [0.29, 0.717) is 12.2 Å². The molecule has 3 rings (SSSR count). The number of sulfonamides is 1. The molecular formula is C18H19FN2O4S. The standard InChI is InChI=1S/C18H19FN2O4S/c1-24-14-4-6-18(17(10-14)25-2)26(22,23)21-8-7-12-11-20-16-5-3-13(19)9-15(12)16/h3-6,9-11,20-21H,7-8H2,1-2H3. The highest BCUT2D eigenvalue weighted by Gasteiger charge is 2.20. The van der Waals surface area contributed by atoms with Gasteiger partial charge >= 0.3 is 0 Å². The van der Waals surface area contributed by atoms with Gasteiger partial charge in [0.1, 0.15) is 22.2 Å². The molecule has 0 aliphatic carbocycles. The molecule has 2 aromatic carbocycles. The average Bonchev–Trinajstić information content (AvgIpc) is 3.03. The highest BCUT2D eigenvalue weighted by atomic mass is 32.2. The van der Waals surface area contributed by atoms with Crippen LogP contribution in [0.2, 0.25) is 0 Å². The molecule has 6 nitrogen and oxygen atoms in total. The molecular weight excluding hydrogens is 359 g/mol. The average molecular weight is 378 g/mol. The quantitative estimate of drug-likeness (QED) is 0.663. The number of rotatable bonds is 7. The SMILES string of the molecule is COc1ccc(S(=O)(=O)NCCc2c[nH]c3ccc(F)cc23)c(OC)c1. The van der Waals surface area contributed by atoms with Gasteiger partial charge < -0.3 is 14.5 Å². The van der Waals surface area contributed by atoms with Gasteiger partial charge in [0.15, 0.2) is 0 Å². The van der Waals surface area contributed by atoms with Crippen LogP contribution in [0, 0.1) is 5.82 Å². The lowest BCUT2D eigenvalue weighted by Crippen LogP contribution is -2.26. The molecule has 0 fully saturated rings. The molecule has 0 aliphatic rings. The Balaban J connectivity index is 1.75. The van der Waals surface area contributed by atoms with Crippen molar-refractivity contribution in [1.29, 1.82) is 0 Å². The minimum Gasteiger partial charge on any atom is -0.497 e. The maximum atomic E-state index is 13.4. The summed E-state index contributed by atoms with van der Waals surface area (Å²) in [6.07, 6.45) is 2.17. The second-order valence-electron chi connectivity index (χ2n) is 5.67. The van der Waals surface area contributed by atoms with Crippen molar-refractivity contribution >= 4 is 20.9 Å². The third kappa shape index (κ3) is 3.66. The number of hydrogen-bond acceptors (Lipinski definition) is 4. The van der Waals surface area contributed by atoms with Gasteiger partial charge in [-0.25, -0.2) is 17.5 Å². The van der Waals surface area contributed by atoms with Gasteiger partial charge in [0.05, 0.1) is 14.2 Å². The van der Waals surface area contributed by atoms with Crippen LogP contribution < -0.4 is 14.2 Å². The van der Waals surface area contributed by atoms with Gasteiger partial charge in [0, 0.05) is 29.7 Å². The Morgan fingerprint density at radius 1 is 1.12 bits per heavy atom. The van der Waals surface area contributed by atoms with E-state index >= 15 is 0 Å². The van der Waals surface area contributed by atoms with Crippen LogP contribution in [0.1, 0.15) is 5.56 Å². The monoisotopic (exact) mass is 378 g/mol. The van der Waals surface area contributed by atoms with Gasteiger partial charge in [0.25, 0.3) is 0 Å². The maximum absolute atomic E-state index is 13.4. The van der Waals surface area contributed by atoms with Gasteiger partial charge in [-0.1, -0.05) is 0 Å². The van der Waals surface area contributed by atoms with Gasteiger partial charge in [-0.3, -0.25) is 0 Å². The Morgan fingerprint density at radius 3 is 2.65 bits per heavy atom. The summed E-state index contributed by atoms with van der Waals surface area (Å²) in [5.41, 5.74) is 1.64. The second kappa shape index (κ2) is 7.35. The Kier molecular flexibility index (Phi) is 5.15. The van der Waals surface area contributed by atoms with E-state index in [4.69, 9.17) is 9.47 Å². The number of fused-ring (bicyclic) bond motifs is 1. The van der Waals surface area contributed by atoms with Crippen LogP contribution in [-0.4, -0.2) is 34.2 Å². The van der Waals surface area contributed by atoms with E-state index in [1.165, 1.54) is 38.5 Å². The number of aromatic nitrogens is 1. The minimum atomic E-state index is -3.76. The Labute approximate surface area is 151 Å². The number of halogens is 1. The zero-order chi connectivity index (χ0) is 18.7. The fourth-order valence-corrected chi connectivity index (χ4v) is 3.93. The maximum Gasteiger partial charge on any atom is 0.244 e. The van der Waals surface area contributed by atoms with Crippen molar-refractivity contribution in [3.63, 3.8) is 0 Å². The van der Waals surface area contributed by atoms with E-state index in [-0.39, 0.29) is 23.0 Å². The third-order valence-electron chi connectivity index (χ3n) is 4.08. The number of ether oxygens (including phenoxy) is 2. The first kappa shape index (κ1) is 18.2. The molecule has 1 aromatic heterocycles. The van der Waals surface area contributed by atoms with Crippen molar-refractivity contribution in [3.8, 4) is 11.5 Å². The Morgan fingerprint density at radius 2 is 1.92 bits per heavy atom. The van der Waals surface area contributed by atoms with Crippen molar-refractivity contribution in [3.05, 3.63) is 54.0 Å². The smallest absolute Gasteiger partial charge is 0.244 e. The lowest BCUT2D eigenvalue weighted by Gasteiger charge is -2.12. The summed E-state index contributed by atoms with van der Waals surface area (Å²) in [4.78, 5) is 3.08. The van der Waals surface area contributed by atoms with Crippen LogP contribution in [-0.2, 0) is 16.4 Å². The van der Waals surface area contributed by atoms with Crippen molar-refractivity contribution in [1.82, 2.24) is 9.71 Å². The van der Waals surface area contributed by atoms with Crippen LogP contribution in [0.5, 0.6) is 11.5 Å². The molecule has 8 heteroatoms. The Hall–Kier alpha value is -2.58. The van der Waals surface area contributed by atoms with E-state index in [1.807, 2.05) is 0 Å². The van der Waals surface area contributed by atoms with E-state index in [0.717, 1.165) is 16.5 Å². The zero-order valence-electron chi connectivity index (χ0n) is 14.4. The summed E-state index contributed by atoms with van der Waals surface area (Å²) in [5.74, 6) is 0.370. The van der Waals surface area contributed by atoms with Crippen LogP contribution in [0.25, 0.3) is 10.9 Å². The molecule has 0 unspecified atom stereocenters. The summed E-state index contributed by atoms with van der Waals surface area (Å²) in [5, 5.41) is 0.742.